The van der Waals surface area contributed by atoms with Gasteiger partial charge in [-0.1, -0.05) is 0 Å². The van der Waals surface area contributed by atoms with Gasteiger partial charge >= 0.3 is 29.6 Å². The van der Waals surface area contributed by atoms with Crippen molar-refractivity contribution in [3.63, 3.8) is 0 Å². The van der Waals surface area contributed by atoms with Crippen LogP contribution in [0.15, 0.2) is 12.3 Å². The first kappa shape index (κ1) is 12.8. The molecule has 0 amide bonds. The Morgan fingerprint density at radius 2 is 2.15 bits per heavy atom. The number of allylic oxidation sites excluding steroid dienone is 1. The first-order chi connectivity index (χ1) is 5.65. The molecule has 0 atom stereocenters. The number of rotatable bonds is 2. The molecule has 0 N–H and O–H groups in total. The molecule has 0 bridgehead atoms. The first-order valence-corrected chi connectivity index (χ1v) is 4.23. The van der Waals surface area contributed by atoms with Gasteiger partial charge < -0.3 is 5.11 Å². The Morgan fingerprint density at radius 1 is 1.54 bits per heavy atom. The van der Waals surface area contributed by atoms with E-state index in [4.69, 9.17) is 0 Å². The van der Waals surface area contributed by atoms with E-state index in [0.717, 1.165) is 16.0 Å². The van der Waals surface area contributed by atoms with Crippen molar-refractivity contribution in [3.8, 4) is 0 Å². The van der Waals surface area contributed by atoms with Gasteiger partial charge in [-0.25, -0.2) is 4.98 Å². The van der Waals surface area contributed by atoms with Crippen LogP contribution in [-0.4, -0.2) is 10.8 Å². The van der Waals surface area contributed by atoms with E-state index < -0.39 is 0 Å². The molecular weight excluding hydrogens is 197 g/mol. The SMILES string of the molecule is Cc1nc(C(=O)/C=C/[O-])c(C)s1.[Na+]. The van der Waals surface area contributed by atoms with Crippen LogP contribution in [0.25, 0.3) is 0 Å². The third-order valence-electron chi connectivity index (χ3n) is 1.36. The van der Waals surface area contributed by atoms with E-state index in [-0.39, 0.29) is 35.3 Å². The number of ketones is 1. The van der Waals surface area contributed by atoms with Crippen molar-refractivity contribution in [1.29, 1.82) is 0 Å². The standard InChI is InChI=1S/C8H9NO2S.Na/c1-5-8(7(11)3-4-10)9-6(2)12-5;/h3-4,10H,1-2H3;/q;+1/p-1/b4-3+;. The summed E-state index contributed by atoms with van der Waals surface area (Å²) < 4.78 is 0. The van der Waals surface area contributed by atoms with Gasteiger partial charge in [0, 0.05) is 4.88 Å². The summed E-state index contributed by atoms with van der Waals surface area (Å²) in [7, 11) is 0. The number of aromatic nitrogens is 1. The van der Waals surface area contributed by atoms with Crippen molar-refractivity contribution in [2.45, 2.75) is 13.8 Å². The molecular formula is C8H8NNaO2S. The minimum atomic E-state index is -0.313. The van der Waals surface area contributed by atoms with Crippen LogP contribution in [-0.2, 0) is 0 Å². The quantitative estimate of drug-likeness (QED) is 0.239. The van der Waals surface area contributed by atoms with Gasteiger partial charge in [0.15, 0.2) is 0 Å². The molecule has 1 aromatic rings. The molecule has 1 rings (SSSR count). The molecule has 0 aromatic carbocycles. The van der Waals surface area contributed by atoms with E-state index in [0.29, 0.717) is 12.0 Å². The van der Waals surface area contributed by atoms with Crippen LogP contribution < -0.4 is 34.7 Å². The summed E-state index contributed by atoms with van der Waals surface area (Å²) in [6.07, 6.45) is 1.47. The molecule has 0 spiro atoms. The molecule has 0 aliphatic heterocycles. The second-order valence-electron chi connectivity index (χ2n) is 2.30. The fourth-order valence-corrected chi connectivity index (χ4v) is 1.72. The number of thiazole rings is 1. The first-order valence-electron chi connectivity index (χ1n) is 3.42. The second-order valence-corrected chi connectivity index (χ2v) is 3.71. The van der Waals surface area contributed by atoms with Crippen LogP contribution in [0.3, 0.4) is 0 Å². The molecule has 64 valence electrons. The van der Waals surface area contributed by atoms with E-state index in [1.165, 1.54) is 11.3 Å². The number of carbonyl (C=O) groups is 1. The second kappa shape index (κ2) is 5.54. The molecule has 13 heavy (non-hydrogen) atoms. The largest absolute Gasteiger partial charge is 1.00 e. The Hall–Kier alpha value is -0.160. The minimum Gasteiger partial charge on any atom is -0.878 e. The fourth-order valence-electron chi connectivity index (χ4n) is 0.898. The molecule has 0 fully saturated rings. The molecule has 5 heteroatoms. The van der Waals surface area contributed by atoms with Gasteiger partial charge in [-0.3, -0.25) is 4.79 Å². The summed E-state index contributed by atoms with van der Waals surface area (Å²) in [5.74, 6) is -0.313. The van der Waals surface area contributed by atoms with Crippen molar-refractivity contribution in [3.05, 3.63) is 27.9 Å². The molecule has 1 aromatic heterocycles. The van der Waals surface area contributed by atoms with Gasteiger partial charge in [0.05, 0.1) is 5.01 Å². The monoisotopic (exact) mass is 205 g/mol. The summed E-state index contributed by atoms with van der Waals surface area (Å²) >= 11 is 1.46. The van der Waals surface area contributed by atoms with Gasteiger partial charge in [0.1, 0.15) is 5.69 Å². The minimum absolute atomic E-state index is 0. The zero-order valence-corrected chi connectivity index (χ0v) is 10.6. The van der Waals surface area contributed by atoms with Crippen molar-refractivity contribution >= 4 is 17.1 Å². The van der Waals surface area contributed by atoms with Crippen LogP contribution in [0.4, 0.5) is 0 Å². The summed E-state index contributed by atoms with van der Waals surface area (Å²) in [5, 5.41) is 10.8. The number of carbonyl (C=O) groups excluding carboxylic acids is 1. The van der Waals surface area contributed by atoms with E-state index in [2.05, 4.69) is 4.98 Å². The van der Waals surface area contributed by atoms with Crippen molar-refractivity contribution in [2.75, 3.05) is 0 Å². The zero-order chi connectivity index (χ0) is 9.14. The summed E-state index contributed by atoms with van der Waals surface area (Å²) in [6.45, 7) is 3.64. The Balaban J connectivity index is 0.00000144. The average Bonchev–Trinajstić information content (AvgIpc) is 2.30. The van der Waals surface area contributed by atoms with E-state index in [1.807, 2.05) is 13.8 Å². The molecule has 0 unspecified atom stereocenters. The molecule has 0 saturated heterocycles. The Morgan fingerprint density at radius 3 is 2.54 bits per heavy atom. The maximum Gasteiger partial charge on any atom is 1.00 e. The third-order valence-corrected chi connectivity index (χ3v) is 2.24. The summed E-state index contributed by atoms with van der Waals surface area (Å²) in [4.78, 5) is 16.0. The number of hydrogen-bond donors (Lipinski definition) is 0. The molecule has 3 nitrogen and oxygen atoms in total. The molecule has 0 saturated carbocycles. The molecule has 0 radical (unpaired) electrons. The Kier molecular flexibility index (Phi) is 5.48. The van der Waals surface area contributed by atoms with Gasteiger partial charge in [-0.05, 0) is 19.9 Å². The van der Waals surface area contributed by atoms with E-state index >= 15 is 0 Å². The Labute approximate surface area is 103 Å². The maximum atomic E-state index is 11.1. The summed E-state index contributed by atoms with van der Waals surface area (Å²) in [5.41, 5.74) is 0.393. The number of hydrogen-bond acceptors (Lipinski definition) is 4. The van der Waals surface area contributed by atoms with E-state index in [1.54, 1.807) is 0 Å². The van der Waals surface area contributed by atoms with Gasteiger partial charge in [-0.15, -0.1) is 17.6 Å². The fraction of sp³-hybridized carbons (Fsp3) is 0.250. The zero-order valence-electron chi connectivity index (χ0n) is 7.83. The molecule has 0 aliphatic carbocycles. The van der Waals surface area contributed by atoms with Crippen molar-refractivity contribution < 1.29 is 39.5 Å². The van der Waals surface area contributed by atoms with Crippen LogP contribution in [0.2, 0.25) is 0 Å². The number of aryl methyl sites for hydroxylation is 2. The van der Waals surface area contributed by atoms with Crippen LogP contribution in [0, 0.1) is 13.8 Å². The third kappa shape index (κ3) is 3.23. The summed E-state index contributed by atoms with van der Waals surface area (Å²) in [6, 6.07) is 0. The number of nitrogens with zero attached hydrogens (tertiary/aromatic N) is 1. The Bertz CT molecular complexity index is 333. The predicted molar refractivity (Wildman–Crippen MR) is 45.1 cm³/mol. The van der Waals surface area contributed by atoms with Crippen LogP contribution in [0.1, 0.15) is 20.4 Å². The van der Waals surface area contributed by atoms with Gasteiger partial charge in [0.2, 0.25) is 5.78 Å². The smallest absolute Gasteiger partial charge is 0.878 e. The molecule has 0 aliphatic rings. The van der Waals surface area contributed by atoms with E-state index in [9.17, 15) is 9.90 Å². The maximum absolute atomic E-state index is 11.1. The predicted octanol–water partition coefficient (Wildman–Crippen LogP) is -2.18. The normalized spacial score (nSPS) is 10.0. The van der Waals surface area contributed by atoms with Crippen molar-refractivity contribution in [2.24, 2.45) is 0 Å². The average molecular weight is 205 g/mol. The topological polar surface area (TPSA) is 53.0 Å². The molecule has 1 heterocycles. The van der Waals surface area contributed by atoms with Crippen LogP contribution in [0.5, 0.6) is 0 Å². The van der Waals surface area contributed by atoms with Gasteiger partial charge in [0.25, 0.3) is 0 Å². The van der Waals surface area contributed by atoms with Crippen molar-refractivity contribution in [1.82, 2.24) is 4.98 Å². The van der Waals surface area contributed by atoms with Crippen LogP contribution >= 0.6 is 11.3 Å². The van der Waals surface area contributed by atoms with Gasteiger partial charge in [-0.2, -0.15) is 0 Å².